The van der Waals surface area contributed by atoms with Crippen molar-refractivity contribution in [3.63, 3.8) is 0 Å². The highest BCUT2D eigenvalue weighted by molar-refractivity contribution is 5.77. The first-order valence-corrected chi connectivity index (χ1v) is 10.2. The van der Waals surface area contributed by atoms with Gasteiger partial charge in [-0.2, -0.15) is 5.26 Å². The number of hydrogen-bond acceptors (Lipinski definition) is 5. The molecule has 1 aliphatic heterocycles. The Hall–Kier alpha value is -1.74. The molecular weight excluding hydrogens is 338 g/mol. The molecule has 1 saturated heterocycles. The van der Waals surface area contributed by atoms with Crippen molar-refractivity contribution in [1.82, 2.24) is 4.90 Å². The van der Waals surface area contributed by atoms with Crippen LogP contribution in [0.2, 0.25) is 0 Å². The van der Waals surface area contributed by atoms with E-state index >= 15 is 0 Å². The van der Waals surface area contributed by atoms with Crippen LogP contribution in [0.4, 0.5) is 0 Å². The number of hydrogen-bond donors (Lipinski definition) is 1. The number of benzene rings is 1. The van der Waals surface area contributed by atoms with Gasteiger partial charge in [-0.1, -0.05) is 18.2 Å². The molecule has 0 amide bonds. The van der Waals surface area contributed by atoms with E-state index in [2.05, 4.69) is 17.0 Å². The van der Waals surface area contributed by atoms with Crippen LogP contribution >= 0.6 is 0 Å². The third-order valence-electron chi connectivity index (χ3n) is 6.07. The summed E-state index contributed by atoms with van der Waals surface area (Å²) in [5.74, 6) is 0.637. The Morgan fingerprint density at radius 2 is 2.00 bits per heavy atom. The van der Waals surface area contributed by atoms with Gasteiger partial charge >= 0.3 is 0 Å². The van der Waals surface area contributed by atoms with Crippen molar-refractivity contribution in [2.75, 3.05) is 19.7 Å². The van der Waals surface area contributed by atoms with Crippen molar-refractivity contribution in [3.8, 4) is 6.07 Å². The Morgan fingerprint density at radius 3 is 2.70 bits per heavy atom. The number of nitrogens with zero attached hydrogens (tertiary/aromatic N) is 2. The quantitative estimate of drug-likeness (QED) is 0.834. The zero-order valence-corrected chi connectivity index (χ0v) is 16.3. The SMILES string of the molecule is CC(=O)CN1CCCC(N)C1COC1CCC(c2ccccc2C#N)CC1. The molecule has 27 heavy (non-hydrogen) atoms. The summed E-state index contributed by atoms with van der Waals surface area (Å²) in [5.41, 5.74) is 8.31. The van der Waals surface area contributed by atoms with Crippen molar-refractivity contribution in [2.45, 2.75) is 69.6 Å². The second kappa shape index (κ2) is 9.45. The molecule has 0 aromatic heterocycles. The molecule has 0 spiro atoms. The van der Waals surface area contributed by atoms with E-state index < -0.39 is 0 Å². The summed E-state index contributed by atoms with van der Waals surface area (Å²) >= 11 is 0. The van der Waals surface area contributed by atoms with Gasteiger partial charge in [0.25, 0.3) is 0 Å². The number of rotatable bonds is 6. The topological polar surface area (TPSA) is 79.3 Å². The lowest BCUT2D eigenvalue weighted by Gasteiger charge is -2.40. The third-order valence-corrected chi connectivity index (χ3v) is 6.07. The van der Waals surface area contributed by atoms with Crippen LogP contribution < -0.4 is 5.73 Å². The third kappa shape index (κ3) is 5.16. The largest absolute Gasteiger partial charge is 0.377 e. The lowest BCUT2D eigenvalue weighted by Crippen LogP contribution is -2.55. The number of piperidine rings is 1. The molecule has 146 valence electrons. The van der Waals surface area contributed by atoms with Gasteiger partial charge in [0.2, 0.25) is 0 Å². The van der Waals surface area contributed by atoms with Crippen LogP contribution in [-0.2, 0) is 9.53 Å². The second-order valence-corrected chi connectivity index (χ2v) is 8.05. The van der Waals surface area contributed by atoms with Crippen LogP contribution in [0.25, 0.3) is 0 Å². The minimum atomic E-state index is 0.0805. The van der Waals surface area contributed by atoms with Gasteiger partial charge in [-0.25, -0.2) is 0 Å². The highest BCUT2D eigenvalue weighted by Crippen LogP contribution is 2.35. The molecule has 1 aromatic carbocycles. The van der Waals surface area contributed by atoms with Crippen LogP contribution in [0.5, 0.6) is 0 Å². The summed E-state index contributed by atoms with van der Waals surface area (Å²) < 4.78 is 6.25. The van der Waals surface area contributed by atoms with E-state index in [-0.39, 0.29) is 24.0 Å². The maximum atomic E-state index is 11.5. The summed E-state index contributed by atoms with van der Waals surface area (Å²) in [5, 5.41) is 9.33. The van der Waals surface area contributed by atoms with Crippen molar-refractivity contribution in [3.05, 3.63) is 35.4 Å². The van der Waals surface area contributed by atoms with Gasteiger partial charge in [0.15, 0.2) is 0 Å². The first-order chi connectivity index (χ1) is 13.1. The molecule has 2 unspecified atom stereocenters. The van der Waals surface area contributed by atoms with Gasteiger partial charge in [0.05, 0.1) is 30.9 Å². The number of carbonyl (C=O) groups excluding carboxylic acids is 1. The van der Waals surface area contributed by atoms with Gasteiger partial charge in [0, 0.05) is 12.1 Å². The van der Waals surface area contributed by atoms with Crippen LogP contribution in [0, 0.1) is 11.3 Å². The van der Waals surface area contributed by atoms with Crippen LogP contribution in [-0.4, -0.2) is 48.6 Å². The minimum absolute atomic E-state index is 0.0805. The molecule has 2 atom stereocenters. The van der Waals surface area contributed by atoms with E-state index in [0.29, 0.717) is 19.1 Å². The molecule has 1 saturated carbocycles. The Bertz CT molecular complexity index is 676. The van der Waals surface area contributed by atoms with E-state index in [1.807, 2.05) is 18.2 Å². The fourth-order valence-corrected chi connectivity index (χ4v) is 4.60. The van der Waals surface area contributed by atoms with E-state index in [1.54, 1.807) is 6.92 Å². The number of likely N-dealkylation sites (tertiary alicyclic amines) is 1. The van der Waals surface area contributed by atoms with Crippen molar-refractivity contribution in [2.24, 2.45) is 5.73 Å². The molecule has 5 nitrogen and oxygen atoms in total. The number of carbonyl (C=O) groups is 1. The fourth-order valence-electron chi connectivity index (χ4n) is 4.60. The van der Waals surface area contributed by atoms with E-state index in [4.69, 9.17) is 10.5 Å². The zero-order valence-electron chi connectivity index (χ0n) is 16.3. The molecular formula is C22H31N3O2. The molecule has 0 radical (unpaired) electrons. The van der Waals surface area contributed by atoms with Crippen LogP contribution in [0.15, 0.2) is 24.3 Å². The summed E-state index contributed by atoms with van der Waals surface area (Å²) in [6.07, 6.45) is 6.44. The molecule has 5 heteroatoms. The lowest BCUT2D eigenvalue weighted by molar-refractivity contribution is -0.120. The second-order valence-electron chi connectivity index (χ2n) is 8.05. The Kier molecular flexibility index (Phi) is 7.01. The smallest absolute Gasteiger partial charge is 0.143 e. The van der Waals surface area contributed by atoms with Gasteiger partial charge in [-0.3, -0.25) is 9.69 Å². The lowest BCUT2D eigenvalue weighted by atomic mass is 9.81. The first kappa shape index (κ1) is 20.0. The van der Waals surface area contributed by atoms with Crippen molar-refractivity contribution >= 4 is 5.78 Å². The normalized spacial score (nSPS) is 29.2. The molecule has 3 rings (SSSR count). The van der Waals surface area contributed by atoms with E-state index in [0.717, 1.165) is 50.6 Å². The van der Waals surface area contributed by atoms with Crippen molar-refractivity contribution < 1.29 is 9.53 Å². The zero-order chi connectivity index (χ0) is 19.2. The van der Waals surface area contributed by atoms with Gasteiger partial charge in [-0.15, -0.1) is 0 Å². The number of nitriles is 1. The standard InChI is InChI=1S/C22H31N3O2/c1-16(26)14-25-12-4-7-21(24)22(25)15-27-19-10-8-17(9-11-19)20-6-3-2-5-18(20)13-23/h2-3,5-6,17,19,21-22H,4,7-12,14-15,24H2,1H3. The molecule has 1 aliphatic carbocycles. The van der Waals surface area contributed by atoms with Gasteiger partial charge < -0.3 is 10.5 Å². The molecule has 2 fully saturated rings. The summed E-state index contributed by atoms with van der Waals surface area (Å²) in [4.78, 5) is 13.7. The fraction of sp³-hybridized carbons (Fsp3) is 0.636. The van der Waals surface area contributed by atoms with E-state index in [1.165, 1.54) is 5.56 Å². The Morgan fingerprint density at radius 1 is 1.26 bits per heavy atom. The average molecular weight is 370 g/mol. The average Bonchev–Trinajstić information content (AvgIpc) is 2.67. The number of ether oxygens (including phenoxy) is 1. The predicted octanol–water partition coefficient (Wildman–Crippen LogP) is 2.98. The van der Waals surface area contributed by atoms with E-state index in [9.17, 15) is 10.1 Å². The number of Topliss-reactive ketones (excluding diaryl/α,β-unsaturated/α-hetero) is 1. The van der Waals surface area contributed by atoms with Crippen molar-refractivity contribution in [1.29, 1.82) is 5.26 Å². The van der Waals surface area contributed by atoms with Gasteiger partial charge in [0.1, 0.15) is 5.78 Å². The molecule has 1 heterocycles. The highest BCUT2D eigenvalue weighted by Gasteiger charge is 2.31. The monoisotopic (exact) mass is 369 g/mol. The maximum absolute atomic E-state index is 11.5. The maximum Gasteiger partial charge on any atom is 0.143 e. The minimum Gasteiger partial charge on any atom is -0.377 e. The molecule has 2 aliphatic rings. The highest BCUT2D eigenvalue weighted by atomic mass is 16.5. The van der Waals surface area contributed by atoms with Crippen LogP contribution in [0.1, 0.15) is 62.5 Å². The summed E-state index contributed by atoms with van der Waals surface area (Å²) in [6, 6.07) is 10.5. The first-order valence-electron chi connectivity index (χ1n) is 10.2. The Balaban J connectivity index is 1.51. The Labute approximate surface area is 162 Å². The van der Waals surface area contributed by atoms with Crippen LogP contribution in [0.3, 0.4) is 0 Å². The number of nitrogens with two attached hydrogens (primary N) is 1. The predicted molar refractivity (Wildman–Crippen MR) is 105 cm³/mol. The molecule has 0 bridgehead atoms. The van der Waals surface area contributed by atoms with Gasteiger partial charge in [-0.05, 0) is 69.5 Å². The molecule has 2 N–H and O–H groups in total. The summed E-state index contributed by atoms with van der Waals surface area (Å²) in [6.45, 7) is 3.65. The number of ketones is 1. The summed E-state index contributed by atoms with van der Waals surface area (Å²) in [7, 11) is 0. The molecule has 1 aromatic rings.